The Kier molecular flexibility index (Phi) is 2.57. The van der Waals surface area contributed by atoms with Crippen molar-refractivity contribution >= 4 is 16.1 Å². The highest BCUT2D eigenvalue weighted by atomic mass is 32.2. The molecule has 0 aromatic carbocycles. The summed E-state index contributed by atoms with van der Waals surface area (Å²) in [6, 6.07) is 0. The maximum Gasteiger partial charge on any atom is 0.161 e. The molecule has 2 heterocycles. The maximum atomic E-state index is 12.8. The molecule has 2 rings (SSSR count). The average Bonchev–Trinajstić information content (AvgIpc) is 2.66. The van der Waals surface area contributed by atoms with Crippen LogP contribution in [0.3, 0.4) is 0 Å². The molecule has 5 nitrogen and oxygen atoms in total. The summed E-state index contributed by atoms with van der Waals surface area (Å²) in [5.74, 6) is -0.657. The Balaban J connectivity index is 2.32. The zero-order valence-corrected chi connectivity index (χ0v) is 9.28. The number of aldehydes is 1. The van der Waals surface area contributed by atoms with E-state index in [9.17, 15) is 17.6 Å². The molecule has 0 spiro atoms. The highest BCUT2D eigenvalue weighted by Gasteiger charge is 2.39. The Morgan fingerprint density at radius 1 is 1.44 bits per heavy atom. The molecule has 1 saturated heterocycles. The smallest absolute Gasteiger partial charge is 0.161 e. The normalized spacial score (nSPS) is 22.8. The summed E-state index contributed by atoms with van der Waals surface area (Å²) in [7, 11) is -3.06. The zero-order valence-electron chi connectivity index (χ0n) is 8.47. The van der Waals surface area contributed by atoms with Crippen molar-refractivity contribution in [3.8, 4) is 0 Å². The summed E-state index contributed by atoms with van der Waals surface area (Å²) in [6.45, 7) is 0. The first-order chi connectivity index (χ1) is 7.47. The number of aromatic nitrogens is 2. The van der Waals surface area contributed by atoms with Gasteiger partial charge in [0.1, 0.15) is 11.8 Å². The largest absolute Gasteiger partial charge is 0.301 e. The molecular formula is C9H11FN2O3S. The Morgan fingerprint density at radius 3 is 2.50 bits per heavy atom. The fourth-order valence-corrected chi connectivity index (χ4v) is 3.37. The topological polar surface area (TPSA) is 69.0 Å². The van der Waals surface area contributed by atoms with Crippen molar-refractivity contribution in [2.24, 2.45) is 0 Å². The van der Waals surface area contributed by atoms with E-state index in [1.807, 2.05) is 0 Å². The fraction of sp³-hybridized carbons (Fsp3) is 0.556. The Labute approximate surface area is 92.2 Å². The molecule has 1 fully saturated rings. The van der Waals surface area contributed by atoms with Crippen LogP contribution >= 0.6 is 0 Å². The molecule has 88 valence electrons. The van der Waals surface area contributed by atoms with Crippen LogP contribution in [0.1, 0.15) is 12.8 Å². The summed E-state index contributed by atoms with van der Waals surface area (Å²) >= 11 is 0. The third kappa shape index (κ3) is 1.87. The van der Waals surface area contributed by atoms with Gasteiger partial charge in [-0.15, -0.1) is 0 Å². The Morgan fingerprint density at radius 2 is 2.06 bits per heavy atom. The zero-order chi connectivity index (χ0) is 11.8. The van der Waals surface area contributed by atoms with Gasteiger partial charge in [0.05, 0.1) is 23.9 Å². The number of hydrogen-bond acceptors (Lipinski definition) is 4. The minimum absolute atomic E-state index is 0.0623. The third-order valence-corrected chi connectivity index (χ3v) is 4.57. The molecule has 0 saturated carbocycles. The molecule has 7 heteroatoms. The number of hydrogen-bond donors (Lipinski definition) is 0. The second kappa shape index (κ2) is 3.65. The van der Waals surface area contributed by atoms with Crippen LogP contribution in [0, 0.1) is 5.82 Å². The number of carbonyl (C=O) groups is 1. The number of sulfone groups is 1. The van der Waals surface area contributed by atoms with E-state index in [2.05, 4.69) is 5.10 Å². The number of carbonyl (C=O) groups excluding carboxylic acids is 1. The van der Waals surface area contributed by atoms with Crippen molar-refractivity contribution in [3.05, 3.63) is 18.2 Å². The second-order valence-electron chi connectivity index (χ2n) is 3.98. The van der Waals surface area contributed by atoms with Crippen molar-refractivity contribution < 1.29 is 17.6 Å². The van der Waals surface area contributed by atoms with Gasteiger partial charge >= 0.3 is 0 Å². The van der Waals surface area contributed by atoms with Gasteiger partial charge in [-0.1, -0.05) is 0 Å². The summed E-state index contributed by atoms with van der Waals surface area (Å²) in [5.41, 5.74) is -1.00. The molecule has 0 aliphatic carbocycles. The van der Waals surface area contributed by atoms with E-state index in [0.717, 1.165) is 12.4 Å². The van der Waals surface area contributed by atoms with E-state index in [0.29, 0.717) is 6.29 Å². The molecule has 0 amide bonds. The summed E-state index contributed by atoms with van der Waals surface area (Å²) in [4.78, 5) is 11.1. The summed E-state index contributed by atoms with van der Waals surface area (Å²) in [5, 5.41) is 3.75. The monoisotopic (exact) mass is 246 g/mol. The first-order valence-electron chi connectivity index (χ1n) is 4.85. The number of rotatable bonds is 2. The van der Waals surface area contributed by atoms with Gasteiger partial charge in [-0.2, -0.15) is 5.10 Å². The first-order valence-corrected chi connectivity index (χ1v) is 6.67. The molecular weight excluding hydrogens is 235 g/mol. The van der Waals surface area contributed by atoms with Crippen molar-refractivity contribution in [1.82, 2.24) is 9.78 Å². The van der Waals surface area contributed by atoms with Crippen LogP contribution in [0.5, 0.6) is 0 Å². The van der Waals surface area contributed by atoms with Gasteiger partial charge in [0.2, 0.25) is 0 Å². The molecule has 1 aromatic rings. The average molecular weight is 246 g/mol. The van der Waals surface area contributed by atoms with Gasteiger partial charge in [-0.25, -0.2) is 12.8 Å². The molecule has 16 heavy (non-hydrogen) atoms. The predicted molar refractivity (Wildman–Crippen MR) is 54.1 cm³/mol. The van der Waals surface area contributed by atoms with Crippen LogP contribution in [0.15, 0.2) is 12.4 Å². The lowest BCUT2D eigenvalue weighted by Crippen LogP contribution is -2.43. The van der Waals surface area contributed by atoms with Gasteiger partial charge < -0.3 is 4.79 Å². The lowest BCUT2D eigenvalue weighted by atomic mass is 9.94. The van der Waals surface area contributed by atoms with Crippen LogP contribution in [-0.4, -0.2) is 36.0 Å². The van der Waals surface area contributed by atoms with E-state index in [-0.39, 0.29) is 24.3 Å². The van der Waals surface area contributed by atoms with Gasteiger partial charge in [0.15, 0.2) is 15.7 Å². The van der Waals surface area contributed by atoms with Crippen LogP contribution in [0.25, 0.3) is 0 Å². The van der Waals surface area contributed by atoms with Crippen molar-refractivity contribution in [2.45, 2.75) is 18.4 Å². The Bertz CT molecular complexity index is 495. The standard InChI is InChI=1S/C9H11FN2O3S/c10-8-5-11-12(6-8)9(7-13)1-3-16(14,15)4-2-9/h5-7H,1-4H2. The third-order valence-electron chi connectivity index (χ3n) is 2.92. The molecule has 1 aliphatic heterocycles. The van der Waals surface area contributed by atoms with Gasteiger partial charge in [-0.05, 0) is 12.8 Å². The minimum Gasteiger partial charge on any atom is -0.301 e. The van der Waals surface area contributed by atoms with Gasteiger partial charge in [-0.3, -0.25) is 4.68 Å². The van der Waals surface area contributed by atoms with E-state index in [1.165, 1.54) is 4.68 Å². The SMILES string of the molecule is O=CC1(n2cc(F)cn2)CCS(=O)(=O)CC1. The first kappa shape index (κ1) is 11.3. The van der Waals surface area contributed by atoms with Gasteiger partial charge in [0.25, 0.3) is 0 Å². The van der Waals surface area contributed by atoms with Crippen LogP contribution < -0.4 is 0 Å². The molecule has 0 bridgehead atoms. The van der Waals surface area contributed by atoms with E-state index in [4.69, 9.17) is 0 Å². The van der Waals surface area contributed by atoms with E-state index in [1.54, 1.807) is 0 Å². The van der Waals surface area contributed by atoms with E-state index >= 15 is 0 Å². The highest BCUT2D eigenvalue weighted by Crippen LogP contribution is 2.28. The van der Waals surface area contributed by atoms with E-state index < -0.39 is 21.2 Å². The Hall–Kier alpha value is -1.24. The van der Waals surface area contributed by atoms with Crippen molar-refractivity contribution in [2.75, 3.05) is 11.5 Å². The second-order valence-corrected chi connectivity index (χ2v) is 6.28. The minimum atomic E-state index is -3.06. The summed E-state index contributed by atoms with van der Waals surface area (Å²) < 4.78 is 36.6. The predicted octanol–water partition coefficient (Wildman–Crippen LogP) is 0.125. The number of nitrogens with zero attached hydrogens (tertiary/aromatic N) is 2. The quantitative estimate of drug-likeness (QED) is 0.695. The van der Waals surface area contributed by atoms with Crippen molar-refractivity contribution in [1.29, 1.82) is 0 Å². The van der Waals surface area contributed by atoms with Crippen molar-refractivity contribution in [3.63, 3.8) is 0 Å². The van der Waals surface area contributed by atoms with Crippen LogP contribution in [-0.2, 0) is 20.2 Å². The molecule has 0 N–H and O–H groups in total. The molecule has 1 aliphatic rings. The fourth-order valence-electron chi connectivity index (χ4n) is 1.84. The lowest BCUT2D eigenvalue weighted by molar-refractivity contribution is -0.116. The van der Waals surface area contributed by atoms with Gasteiger partial charge in [0, 0.05) is 0 Å². The maximum absolute atomic E-state index is 12.8. The molecule has 0 unspecified atom stereocenters. The number of halogens is 1. The van der Waals surface area contributed by atoms with Crippen LogP contribution in [0.2, 0.25) is 0 Å². The highest BCUT2D eigenvalue weighted by molar-refractivity contribution is 7.91. The molecule has 0 atom stereocenters. The lowest BCUT2D eigenvalue weighted by Gasteiger charge is -2.31. The molecule has 1 aromatic heterocycles. The van der Waals surface area contributed by atoms with Crippen LogP contribution in [0.4, 0.5) is 4.39 Å². The molecule has 0 radical (unpaired) electrons. The summed E-state index contributed by atoms with van der Waals surface area (Å²) in [6.07, 6.45) is 3.09.